The zero-order valence-corrected chi connectivity index (χ0v) is 12.0. The number of hydrogen-bond donors (Lipinski definition) is 1. The van der Waals surface area contributed by atoms with Gasteiger partial charge in [0.25, 0.3) is 0 Å². The van der Waals surface area contributed by atoms with E-state index in [4.69, 9.17) is 10.5 Å². The van der Waals surface area contributed by atoms with Gasteiger partial charge in [-0.1, -0.05) is 12.1 Å². The average Bonchev–Trinajstić information content (AvgIpc) is 2.41. The van der Waals surface area contributed by atoms with Gasteiger partial charge in [0.1, 0.15) is 0 Å². The maximum absolute atomic E-state index is 11.4. The molecule has 0 unspecified atom stereocenters. The fraction of sp³-hybridized carbons (Fsp3) is 0.533. The first kappa shape index (κ1) is 14.8. The summed E-state index contributed by atoms with van der Waals surface area (Å²) in [6.45, 7) is 7.35. The predicted molar refractivity (Wildman–Crippen MR) is 79.2 cm³/mol. The lowest BCUT2D eigenvalue weighted by atomic mass is 10.2. The SMILES string of the molecule is CCOC(=O)CN1CCN(Cc2cccc(N)c2)CC1. The minimum Gasteiger partial charge on any atom is -0.465 e. The monoisotopic (exact) mass is 277 g/mol. The summed E-state index contributed by atoms with van der Waals surface area (Å²) in [5.41, 5.74) is 7.84. The Labute approximate surface area is 120 Å². The van der Waals surface area contributed by atoms with Crippen molar-refractivity contribution in [2.45, 2.75) is 13.5 Å². The second-order valence-electron chi connectivity index (χ2n) is 5.10. The Morgan fingerprint density at radius 2 is 1.95 bits per heavy atom. The molecule has 5 heteroatoms. The smallest absolute Gasteiger partial charge is 0.320 e. The van der Waals surface area contributed by atoms with Crippen molar-refractivity contribution in [1.29, 1.82) is 0 Å². The number of esters is 1. The molecule has 20 heavy (non-hydrogen) atoms. The van der Waals surface area contributed by atoms with Crippen LogP contribution in [0.5, 0.6) is 0 Å². The molecule has 0 aliphatic carbocycles. The van der Waals surface area contributed by atoms with E-state index in [0.717, 1.165) is 38.4 Å². The van der Waals surface area contributed by atoms with Crippen LogP contribution in [0.4, 0.5) is 5.69 Å². The molecule has 1 aromatic rings. The summed E-state index contributed by atoms with van der Waals surface area (Å²) in [5, 5.41) is 0. The number of nitrogen functional groups attached to an aromatic ring is 1. The van der Waals surface area contributed by atoms with E-state index in [0.29, 0.717) is 13.2 Å². The lowest BCUT2D eigenvalue weighted by Crippen LogP contribution is -2.47. The molecular formula is C15H23N3O2. The van der Waals surface area contributed by atoms with Crippen LogP contribution in [0, 0.1) is 0 Å². The Morgan fingerprint density at radius 3 is 2.60 bits per heavy atom. The van der Waals surface area contributed by atoms with Crippen molar-refractivity contribution >= 4 is 11.7 Å². The number of rotatable bonds is 5. The highest BCUT2D eigenvalue weighted by molar-refractivity contribution is 5.71. The van der Waals surface area contributed by atoms with Gasteiger partial charge in [-0.2, -0.15) is 0 Å². The van der Waals surface area contributed by atoms with Crippen LogP contribution in [0.2, 0.25) is 0 Å². The van der Waals surface area contributed by atoms with E-state index < -0.39 is 0 Å². The first-order valence-corrected chi connectivity index (χ1v) is 7.12. The molecular weight excluding hydrogens is 254 g/mol. The number of ether oxygens (including phenoxy) is 1. The lowest BCUT2D eigenvalue weighted by Gasteiger charge is -2.34. The normalized spacial score (nSPS) is 17.1. The number of anilines is 1. The molecule has 0 saturated carbocycles. The molecule has 1 fully saturated rings. The Hall–Kier alpha value is -1.59. The average molecular weight is 277 g/mol. The summed E-state index contributed by atoms with van der Waals surface area (Å²) >= 11 is 0. The number of nitrogens with zero attached hydrogens (tertiary/aromatic N) is 2. The third kappa shape index (κ3) is 4.51. The van der Waals surface area contributed by atoms with Gasteiger partial charge in [0.15, 0.2) is 0 Å². The van der Waals surface area contributed by atoms with Gasteiger partial charge in [-0.3, -0.25) is 14.6 Å². The van der Waals surface area contributed by atoms with Crippen LogP contribution in [0.15, 0.2) is 24.3 Å². The first-order valence-electron chi connectivity index (χ1n) is 7.12. The van der Waals surface area contributed by atoms with Gasteiger partial charge < -0.3 is 10.5 Å². The van der Waals surface area contributed by atoms with Crippen LogP contribution in [0.25, 0.3) is 0 Å². The van der Waals surface area contributed by atoms with Gasteiger partial charge in [0.2, 0.25) is 0 Å². The zero-order chi connectivity index (χ0) is 14.4. The number of carbonyl (C=O) groups excluding carboxylic acids is 1. The molecule has 5 nitrogen and oxygen atoms in total. The molecule has 2 rings (SSSR count). The van der Waals surface area contributed by atoms with E-state index in [1.165, 1.54) is 5.56 Å². The largest absolute Gasteiger partial charge is 0.465 e. The van der Waals surface area contributed by atoms with E-state index in [1.54, 1.807) is 0 Å². The summed E-state index contributed by atoms with van der Waals surface area (Å²) in [5.74, 6) is -0.128. The second kappa shape index (κ2) is 7.26. The quantitative estimate of drug-likeness (QED) is 0.641. The van der Waals surface area contributed by atoms with Crippen molar-refractivity contribution in [1.82, 2.24) is 9.80 Å². The van der Waals surface area contributed by atoms with Crippen LogP contribution in [0.1, 0.15) is 12.5 Å². The van der Waals surface area contributed by atoms with Crippen molar-refractivity contribution in [3.8, 4) is 0 Å². The first-order chi connectivity index (χ1) is 9.67. The molecule has 1 saturated heterocycles. The van der Waals surface area contributed by atoms with Crippen LogP contribution in [-0.2, 0) is 16.1 Å². The Kier molecular flexibility index (Phi) is 5.38. The van der Waals surface area contributed by atoms with Crippen molar-refractivity contribution < 1.29 is 9.53 Å². The number of piperazine rings is 1. The summed E-state index contributed by atoms with van der Waals surface area (Å²) < 4.78 is 4.97. The molecule has 2 N–H and O–H groups in total. The van der Waals surface area contributed by atoms with Gasteiger partial charge in [-0.25, -0.2) is 0 Å². The Balaban J connectivity index is 1.75. The van der Waals surface area contributed by atoms with Crippen LogP contribution < -0.4 is 5.73 Å². The van der Waals surface area contributed by atoms with Crippen molar-refractivity contribution in [3.05, 3.63) is 29.8 Å². The van der Waals surface area contributed by atoms with E-state index in [-0.39, 0.29) is 5.97 Å². The molecule has 0 atom stereocenters. The molecule has 1 aromatic carbocycles. The molecule has 0 aromatic heterocycles. The third-order valence-electron chi connectivity index (χ3n) is 3.48. The predicted octanol–water partition coefficient (Wildman–Crippen LogP) is 0.949. The highest BCUT2D eigenvalue weighted by atomic mass is 16.5. The number of nitrogens with two attached hydrogens (primary N) is 1. The Morgan fingerprint density at radius 1 is 1.25 bits per heavy atom. The molecule has 0 radical (unpaired) electrons. The van der Waals surface area contributed by atoms with Crippen molar-refractivity contribution in [2.75, 3.05) is 45.1 Å². The molecule has 0 bridgehead atoms. The van der Waals surface area contributed by atoms with Crippen molar-refractivity contribution in [3.63, 3.8) is 0 Å². The minimum absolute atomic E-state index is 0.128. The standard InChI is InChI=1S/C15H23N3O2/c1-2-20-15(19)12-18-8-6-17(7-9-18)11-13-4-3-5-14(16)10-13/h3-5,10H,2,6-9,11-12,16H2,1H3. The van der Waals surface area contributed by atoms with Gasteiger partial charge in [-0.05, 0) is 24.6 Å². The topological polar surface area (TPSA) is 58.8 Å². The molecule has 1 aliphatic heterocycles. The molecule has 1 aliphatic rings. The summed E-state index contributed by atoms with van der Waals surface area (Å²) in [6, 6.07) is 8.01. The summed E-state index contributed by atoms with van der Waals surface area (Å²) in [4.78, 5) is 16.0. The second-order valence-corrected chi connectivity index (χ2v) is 5.10. The van der Waals surface area contributed by atoms with E-state index in [1.807, 2.05) is 25.1 Å². The molecule has 1 heterocycles. The minimum atomic E-state index is -0.128. The maximum Gasteiger partial charge on any atom is 0.320 e. The zero-order valence-electron chi connectivity index (χ0n) is 12.0. The maximum atomic E-state index is 11.4. The van der Waals surface area contributed by atoms with E-state index >= 15 is 0 Å². The fourth-order valence-electron chi connectivity index (χ4n) is 2.44. The summed E-state index contributed by atoms with van der Waals surface area (Å²) in [7, 11) is 0. The number of benzene rings is 1. The molecule has 0 amide bonds. The number of hydrogen-bond acceptors (Lipinski definition) is 5. The van der Waals surface area contributed by atoms with Gasteiger partial charge in [-0.15, -0.1) is 0 Å². The Bertz CT molecular complexity index is 442. The van der Waals surface area contributed by atoms with Crippen LogP contribution in [-0.4, -0.2) is 55.1 Å². The molecule has 0 spiro atoms. The fourth-order valence-corrected chi connectivity index (χ4v) is 2.44. The van der Waals surface area contributed by atoms with Crippen LogP contribution >= 0.6 is 0 Å². The lowest BCUT2D eigenvalue weighted by molar-refractivity contribution is -0.144. The highest BCUT2D eigenvalue weighted by Crippen LogP contribution is 2.11. The van der Waals surface area contributed by atoms with Gasteiger partial charge in [0.05, 0.1) is 13.2 Å². The van der Waals surface area contributed by atoms with Crippen LogP contribution in [0.3, 0.4) is 0 Å². The van der Waals surface area contributed by atoms with Gasteiger partial charge in [0, 0.05) is 38.4 Å². The van der Waals surface area contributed by atoms with Gasteiger partial charge >= 0.3 is 5.97 Å². The summed E-state index contributed by atoms with van der Waals surface area (Å²) in [6.07, 6.45) is 0. The van der Waals surface area contributed by atoms with E-state index in [9.17, 15) is 4.79 Å². The van der Waals surface area contributed by atoms with E-state index in [2.05, 4.69) is 15.9 Å². The number of carbonyl (C=O) groups is 1. The third-order valence-corrected chi connectivity index (χ3v) is 3.48. The van der Waals surface area contributed by atoms with Crippen molar-refractivity contribution in [2.24, 2.45) is 0 Å². The highest BCUT2D eigenvalue weighted by Gasteiger charge is 2.19. The molecule has 110 valence electrons.